The van der Waals surface area contributed by atoms with Gasteiger partial charge in [0.2, 0.25) is 5.91 Å². The fraction of sp³-hybridized carbons (Fsp3) is 0.407. The van der Waals surface area contributed by atoms with Crippen molar-refractivity contribution in [1.82, 2.24) is 15.3 Å². The van der Waals surface area contributed by atoms with Crippen LogP contribution in [0.2, 0.25) is 0 Å². The number of methoxy groups -OCH3 is 1. The van der Waals surface area contributed by atoms with Gasteiger partial charge in [-0.05, 0) is 36.5 Å². The van der Waals surface area contributed by atoms with Gasteiger partial charge in [0, 0.05) is 11.3 Å². The summed E-state index contributed by atoms with van der Waals surface area (Å²) in [6.07, 6.45) is 2.23. The third kappa shape index (κ3) is 6.31. The minimum Gasteiger partial charge on any atom is -0.467 e. The molecule has 0 bridgehead atoms. The molecular weight excluding hydrogens is 428 g/mol. The first-order valence-corrected chi connectivity index (χ1v) is 11.9. The van der Waals surface area contributed by atoms with Crippen molar-refractivity contribution in [3.05, 3.63) is 66.0 Å². The highest BCUT2D eigenvalue weighted by Gasteiger charge is 2.26. The van der Waals surface area contributed by atoms with E-state index in [9.17, 15) is 9.59 Å². The second-order valence-corrected chi connectivity index (χ2v) is 8.55. The summed E-state index contributed by atoms with van der Waals surface area (Å²) >= 11 is 0. The second kappa shape index (κ2) is 12.1. The van der Waals surface area contributed by atoms with Crippen molar-refractivity contribution in [2.24, 2.45) is 11.8 Å². The maximum absolute atomic E-state index is 12.9. The maximum atomic E-state index is 12.9. The van der Waals surface area contributed by atoms with E-state index in [0.717, 1.165) is 29.3 Å². The molecule has 180 valence electrons. The first-order valence-electron chi connectivity index (χ1n) is 11.9. The maximum Gasteiger partial charge on any atom is 0.328 e. The number of rotatable bonds is 11. The Morgan fingerprint density at radius 1 is 0.971 bits per heavy atom. The zero-order chi connectivity index (χ0) is 24.5. The number of para-hydroxylation sites is 1. The van der Waals surface area contributed by atoms with Gasteiger partial charge in [-0.1, -0.05) is 69.7 Å². The zero-order valence-electron chi connectivity index (χ0n) is 20.4. The highest BCUT2D eigenvalue weighted by molar-refractivity contribution is 5.91. The minimum absolute atomic E-state index is 0.0235. The number of hydrogen-bond donors (Lipinski definition) is 2. The number of ether oxygens (including phenoxy) is 1. The van der Waals surface area contributed by atoms with Gasteiger partial charge in [-0.3, -0.25) is 4.79 Å². The van der Waals surface area contributed by atoms with Crippen molar-refractivity contribution < 1.29 is 14.3 Å². The number of nitrogens with zero attached hydrogens (tertiary/aromatic N) is 2. The predicted octanol–water partition coefficient (Wildman–Crippen LogP) is 4.51. The number of anilines is 1. The smallest absolute Gasteiger partial charge is 0.328 e. The number of fused-ring (bicyclic) bond motifs is 1. The van der Waals surface area contributed by atoms with Gasteiger partial charge in [-0.15, -0.1) is 0 Å². The third-order valence-electron chi connectivity index (χ3n) is 6.22. The van der Waals surface area contributed by atoms with Crippen LogP contribution in [0.15, 0.2) is 54.6 Å². The fourth-order valence-corrected chi connectivity index (χ4v) is 3.89. The van der Waals surface area contributed by atoms with Crippen molar-refractivity contribution in [3.8, 4) is 0 Å². The Morgan fingerprint density at radius 2 is 1.68 bits per heavy atom. The van der Waals surface area contributed by atoms with Crippen molar-refractivity contribution in [1.29, 1.82) is 0 Å². The lowest BCUT2D eigenvalue weighted by Gasteiger charge is -2.23. The normalized spacial score (nSPS) is 13.6. The van der Waals surface area contributed by atoms with Gasteiger partial charge in [0.15, 0.2) is 5.82 Å². The number of carbonyl (C=O) groups is 2. The van der Waals surface area contributed by atoms with Crippen LogP contribution in [0.4, 0.5) is 5.82 Å². The second-order valence-electron chi connectivity index (χ2n) is 8.55. The Morgan fingerprint density at radius 3 is 2.35 bits per heavy atom. The number of benzene rings is 2. The van der Waals surface area contributed by atoms with Gasteiger partial charge in [-0.25, -0.2) is 14.8 Å². The van der Waals surface area contributed by atoms with Crippen molar-refractivity contribution in [2.45, 2.75) is 52.6 Å². The van der Waals surface area contributed by atoms with Crippen LogP contribution in [-0.4, -0.2) is 35.0 Å². The molecule has 0 spiro atoms. The average molecular weight is 463 g/mol. The highest BCUT2D eigenvalue weighted by Crippen LogP contribution is 2.23. The lowest BCUT2D eigenvalue weighted by Crippen LogP contribution is -2.37. The van der Waals surface area contributed by atoms with E-state index in [0.29, 0.717) is 18.1 Å². The Kier molecular flexibility index (Phi) is 8.96. The Bertz CT molecular complexity index is 1100. The molecule has 0 fully saturated rings. The monoisotopic (exact) mass is 462 g/mol. The number of nitrogens with one attached hydrogen (secondary N) is 2. The van der Waals surface area contributed by atoms with Crippen molar-refractivity contribution >= 4 is 28.6 Å². The molecule has 7 nitrogen and oxygen atoms in total. The topological polar surface area (TPSA) is 93.2 Å². The van der Waals surface area contributed by atoms with Crippen molar-refractivity contribution in [2.75, 3.05) is 12.4 Å². The number of hydrogen-bond acceptors (Lipinski definition) is 6. The Balaban J connectivity index is 1.80. The minimum atomic E-state index is -0.536. The van der Waals surface area contributed by atoms with E-state index in [2.05, 4.69) is 20.6 Å². The molecule has 2 aromatic carbocycles. The van der Waals surface area contributed by atoms with Crippen LogP contribution in [0.3, 0.4) is 0 Å². The number of carbonyl (C=O) groups excluding carboxylic acids is 2. The molecular formula is C27H34N4O3. The highest BCUT2D eigenvalue weighted by atomic mass is 16.5. The van der Waals surface area contributed by atoms with Crippen LogP contribution >= 0.6 is 0 Å². The van der Waals surface area contributed by atoms with Crippen LogP contribution < -0.4 is 10.6 Å². The summed E-state index contributed by atoms with van der Waals surface area (Å²) < 4.78 is 5.01. The molecule has 1 aromatic heterocycles. The number of aromatic nitrogens is 2. The van der Waals surface area contributed by atoms with Crippen LogP contribution in [0.25, 0.3) is 10.9 Å². The molecule has 0 aliphatic heterocycles. The van der Waals surface area contributed by atoms with E-state index in [1.807, 2.05) is 75.4 Å². The molecule has 0 saturated heterocycles. The molecule has 3 rings (SSSR count). The fourth-order valence-electron chi connectivity index (χ4n) is 3.89. The molecule has 34 heavy (non-hydrogen) atoms. The predicted molar refractivity (Wildman–Crippen MR) is 134 cm³/mol. The lowest BCUT2D eigenvalue weighted by atomic mass is 9.96. The van der Waals surface area contributed by atoms with Crippen LogP contribution in [-0.2, 0) is 27.3 Å². The SMILES string of the molecule is CCC(Cc1ccccc1)C(=O)NCc1nc(N[C@H](C(=O)OC)C(C)CC)c2ccccc2n1. The van der Waals surface area contributed by atoms with Crippen LogP contribution in [0, 0.1) is 11.8 Å². The van der Waals surface area contributed by atoms with Gasteiger partial charge < -0.3 is 15.4 Å². The zero-order valence-corrected chi connectivity index (χ0v) is 20.4. The van der Waals surface area contributed by atoms with E-state index >= 15 is 0 Å². The summed E-state index contributed by atoms with van der Waals surface area (Å²) in [4.78, 5) is 34.6. The van der Waals surface area contributed by atoms with Gasteiger partial charge >= 0.3 is 5.97 Å². The van der Waals surface area contributed by atoms with Crippen LogP contribution in [0.5, 0.6) is 0 Å². The summed E-state index contributed by atoms with van der Waals surface area (Å²) in [6, 6.07) is 17.1. The quantitative estimate of drug-likeness (QED) is 0.407. The van der Waals surface area contributed by atoms with Gasteiger partial charge in [0.25, 0.3) is 0 Å². The van der Waals surface area contributed by atoms with E-state index in [4.69, 9.17) is 4.74 Å². The van der Waals surface area contributed by atoms with Gasteiger partial charge in [0.1, 0.15) is 11.9 Å². The Hall–Kier alpha value is -3.48. The molecule has 0 radical (unpaired) electrons. The average Bonchev–Trinajstić information content (AvgIpc) is 2.88. The van der Waals surface area contributed by atoms with E-state index in [1.54, 1.807) is 0 Å². The van der Waals surface area contributed by atoms with Crippen molar-refractivity contribution in [3.63, 3.8) is 0 Å². The summed E-state index contributed by atoms with van der Waals surface area (Å²) in [7, 11) is 1.39. The number of amides is 1. The molecule has 2 unspecified atom stereocenters. The molecule has 7 heteroatoms. The molecule has 3 aromatic rings. The lowest BCUT2D eigenvalue weighted by molar-refractivity contribution is -0.142. The van der Waals surface area contributed by atoms with Gasteiger partial charge in [-0.2, -0.15) is 0 Å². The third-order valence-corrected chi connectivity index (χ3v) is 6.22. The first-order chi connectivity index (χ1) is 16.5. The van der Waals surface area contributed by atoms with E-state index in [-0.39, 0.29) is 30.3 Å². The summed E-state index contributed by atoms with van der Waals surface area (Å²) in [5.41, 5.74) is 1.88. The first kappa shape index (κ1) is 25.1. The summed E-state index contributed by atoms with van der Waals surface area (Å²) in [5, 5.41) is 7.09. The summed E-state index contributed by atoms with van der Waals surface area (Å²) in [6.45, 7) is 6.25. The number of esters is 1. The van der Waals surface area contributed by atoms with E-state index < -0.39 is 6.04 Å². The molecule has 1 heterocycles. The van der Waals surface area contributed by atoms with Gasteiger partial charge in [0.05, 0.1) is 19.2 Å². The molecule has 2 N–H and O–H groups in total. The molecule has 0 saturated carbocycles. The molecule has 0 aliphatic carbocycles. The Labute approximate surface area is 201 Å². The van der Waals surface area contributed by atoms with Crippen LogP contribution in [0.1, 0.15) is 45.0 Å². The largest absolute Gasteiger partial charge is 0.467 e. The standard InChI is InChI=1S/C27H34N4O3/c1-5-18(3)24(27(33)34-4)31-25-21-14-10-11-15-22(21)29-23(30-25)17-28-26(32)20(6-2)16-19-12-8-7-9-13-19/h7-15,18,20,24H,5-6,16-17H2,1-4H3,(H,28,32)(H,29,30,31)/t18?,20?,24-/m0/s1. The summed E-state index contributed by atoms with van der Waals surface area (Å²) in [5.74, 6) is 0.601. The molecule has 1 amide bonds. The molecule has 3 atom stereocenters. The molecule has 0 aliphatic rings. The van der Waals surface area contributed by atoms with E-state index in [1.165, 1.54) is 7.11 Å².